The highest BCUT2D eigenvalue weighted by Crippen LogP contribution is 2.38. The molecular formula is C12H7BrO2. The van der Waals surface area contributed by atoms with Crippen molar-refractivity contribution < 1.29 is 9.52 Å². The van der Waals surface area contributed by atoms with Crippen molar-refractivity contribution in [3.8, 4) is 5.75 Å². The maximum atomic E-state index is 9.61. The Hall–Kier alpha value is -1.48. The van der Waals surface area contributed by atoms with Gasteiger partial charge in [0.05, 0.1) is 4.47 Å². The number of para-hydroxylation sites is 1. The van der Waals surface area contributed by atoms with Crippen molar-refractivity contribution in [2.45, 2.75) is 0 Å². The van der Waals surface area contributed by atoms with E-state index in [4.69, 9.17) is 4.42 Å². The Balaban J connectivity index is 2.63. The Kier molecular flexibility index (Phi) is 1.76. The van der Waals surface area contributed by atoms with Crippen LogP contribution in [0.1, 0.15) is 0 Å². The summed E-state index contributed by atoms with van der Waals surface area (Å²) in [4.78, 5) is 0. The molecule has 0 bridgehead atoms. The lowest BCUT2D eigenvalue weighted by molar-refractivity contribution is 0.472. The Morgan fingerprint density at radius 2 is 1.80 bits per heavy atom. The van der Waals surface area contributed by atoms with Crippen molar-refractivity contribution in [3.05, 3.63) is 40.9 Å². The van der Waals surface area contributed by atoms with Gasteiger partial charge in [-0.15, -0.1) is 0 Å². The van der Waals surface area contributed by atoms with Gasteiger partial charge in [0, 0.05) is 10.8 Å². The van der Waals surface area contributed by atoms with Gasteiger partial charge >= 0.3 is 0 Å². The number of aromatic hydroxyl groups is 1. The Morgan fingerprint density at radius 1 is 1.00 bits per heavy atom. The SMILES string of the molecule is Oc1ccc2oc3ccccc3c2c1Br. The zero-order chi connectivity index (χ0) is 10.4. The lowest BCUT2D eigenvalue weighted by Gasteiger charge is -1.96. The van der Waals surface area contributed by atoms with E-state index in [1.807, 2.05) is 24.3 Å². The second-order valence-electron chi connectivity index (χ2n) is 3.37. The fourth-order valence-electron chi connectivity index (χ4n) is 1.76. The topological polar surface area (TPSA) is 33.4 Å². The van der Waals surface area contributed by atoms with E-state index in [1.54, 1.807) is 12.1 Å². The number of phenols is 1. The third-order valence-electron chi connectivity index (χ3n) is 2.46. The van der Waals surface area contributed by atoms with Gasteiger partial charge in [0.2, 0.25) is 0 Å². The summed E-state index contributed by atoms with van der Waals surface area (Å²) in [5.74, 6) is 0.231. The second-order valence-corrected chi connectivity index (χ2v) is 4.16. The molecule has 0 aliphatic heterocycles. The van der Waals surface area contributed by atoms with Gasteiger partial charge in [0.15, 0.2) is 0 Å². The Bertz CT molecular complexity index is 655. The molecule has 0 saturated heterocycles. The van der Waals surface area contributed by atoms with Crippen LogP contribution in [0.5, 0.6) is 5.75 Å². The first-order valence-corrected chi connectivity index (χ1v) is 5.35. The summed E-state index contributed by atoms with van der Waals surface area (Å²) >= 11 is 3.37. The quantitative estimate of drug-likeness (QED) is 0.663. The molecule has 0 fully saturated rings. The number of benzene rings is 2. The van der Waals surface area contributed by atoms with E-state index in [1.165, 1.54) is 0 Å². The molecule has 1 N–H and O–H groups in total. The fourth-order valence-corrected chi connectivity index (χ4v) is 2.31. The van der Waals surface area contributed by atoms with Crippen LogP contribution >= 0.6 is 15.9 Å². The molecule has 0 aliphatic rings. The standard InChI is InChI=1S/C12H7BrO2/c13-12-8(14)5-6-10-11(12)7-3-1-2-4-9(7)15-10/h1-6,14H. The van der Waals surface area contributed by atoms with E-state index >= 15 is 0 Å². The molecule has 3 rings (SSSR count). The van der Waals surface area contributed by atoms with Crippen LogP contribution in [0.15, 0.2) is 45.3 Å². The van der Waals surface area contributed by atoms with Crippen molar-refractivity contribution in [2.75, 3.05) is 0 Å². The van der Waals surface area contributed by atoms with Crippen molar-refractivity contribution in [1.29, 1.82) is 0 Å². The molecule has 0 saturated carbocycles. The molecule has 3 aromatic rings. The van der Waals surface area contributed by atoms with Crippen LogP contribution in [0.2, 0.25) is 0 Å². The van der Waals surface area contributed by atoms with Gasteiger partial charge < -0.3 is 9.52 Å². The van der Waals surface area contributed by atoms with Gasteiger partial charge in [-0.25, -0.2) is 0 Å². The number of fused-ring (bicyclic) bond motifs is 3. The normalized spacial score (nSPS) is 11.3. The van der Waals surface area contributed by atoms with Gasteiger partial charge in [0.1, 0.15) is 16.9 Å². The molecule has 0 atom stereocenters. The molecule has 0 radical (unpaired) electrons. The number of phenolic OH excluding ortho intramolecular Hbond substituents is 1. The number of furan rings is 1. The average Bonchev–Trinajstić information content (AvgIpc) is 2.62. The molecule has 2 nitrogen and oxygen atoms in total. The van der Waals surface area contributed by atoms with E-state index in [0.717, 1.165) is 21.9 Å². The number of halogens is 1. The van der Waals surface area contributed by atoms with Gasteiger partial charge in [0.25, 0.3) is 0 Å². The minimum absolute atomic E-state index is 0.231. The monoisotopic (exact) mass is 262 g/mol. The molecule has 3 heteroatoms. The molecule has 2 aromatic carbocycles. The van der Waals surface area contributed by atoms with E-state index in [0.29, 0.717) is 4.47 Å². The highest BCUT2D eigenvalue weighted by molar-refractivity contribution is 9.10. The summed E-state index contributed by atoms with van der Waals surface area (Å²) in [6, 6.07) is 11.2. The molecule has 0 amide bonds. The average molecular weight is 263 g/mol. The van der Waals surface area contributed by atoms with Crippen LogP contribution < -0.4 is 0 Å². The lowest BCUT2D eigenvalue weighted by Crippen LogP contribution is -1.71. The predicted molar refractivity (Wildman–Crippen MR) is 63.1 cm³/mol. The van der Waals surface area contributed by atoms with Gasteiger partial charge in [-0.05, 0) is 34.1 Å². The molecular weight excluding hydrogens is 256 g/mol. The van der Waals surface area contributed by atoms with Crippen LogP contribution in [0.4, 0.5) is 0 Å². The highest BCUT2D eigenvalue weighted by atomic mass is 79.9. The van der Waals surface area contributed by atoms with Crippen molar-refractivity contribution in [3.63, 3.8) is 0 Å². The van der Waals surface area contributed by atoms with Crippen LogP contribution in [0.3, 0.4) is 0 Å². The van der Waals surface area contributed by atoms with Crippen molar-refractivity contribution >= 4 is 37.9 Å². The Labute approximate surface area is 94.3 Å². The maximum Gasteiger partial charge on any atom is 0.136 e. The van der Waals surface area contributed by atoms with Crippen LogP contribution in [-0.2, 0) is 0 Å². The third kappa shape index (κ3) is 1.16. The summed E-state index contributed by atoms with van der Waals surface area (Å²) in [6.07, 6.45) is 0. The van der Waals surface area contributed by atoms with Crippen LogP contribution in [-0.4, -0.2) is 5.11 Å². The zero-order valence-electron chi connectivity index (χ0n) is 7.70. The molecule has 74 valence electrons. The van der Waals surface area contributed by atoms with E-state index in [9.17, 15) is 5.11 Å². The first kappa shape index (κ1) is 8.80. The predicted octanol–water partition coefficient (Wildman–Crippen LogP) is 4.05. The van der Waals surface area contributed by atoms with Crippen LogP contribution in [0.25, 0.3) is 21.9 Å². The smallest absolute Gasteiger partial charge is 0.136 e. The van der Waals surface area contributed by atoms with Gasteiger partial charge in [-0.3, -0.25) is 0 Å². The first-order chi connectivity index (χ1) is 7.27. The summed E-state index contributed by atoms with van der Waals surface area (Å²) in [5.41, 5.74) is 1.61. The third-order valence-corrected chi connectivity index (χ3v) is 3.26. The summed E-state index contributed by atoms with van der Waals surface area (Å²) in [7, 11) is 0. The number of rotatable bonds is 0. The zero-order valence-corrected chi connectivity index (χ0v) is 9.28. The minimum Gasteiger partial charge on any atom is -0.507 e. The fraction of sp³-hybridized carbons (Fsp3) is 0. The summed E-state index contributed by atoms with van der Waals surface area (Å²) < 4.78 is 6.33. The first-order valence-electron chi connectivity index (χ1n) is 4.56. The molecule has 15 heavy (non-hydrogen) atoms. The second kappa shape index (κ2) is 3.00. The summed E-state index contributed by atoms with van der Waals surface area (Å²) in [6.45, 7) is 0. The van der Waals surface area contributed by atoms with Gasteiger partial charge in [-0.2, -0.15) is 0 Å². The van der Waals surface area contributed by atoms with Crippen molar-refractivity contribution in [2.24, 2.45) is 0 Å². The summed E-state index contributed by atoms with van der Waals surface area (Å²) in [5, 5.41) is 11.5. The molecule has 0 unspecified atom stereocenters. The highest BCUT2D eigenvalue weighted by Gasteiger charge is 2.11. The lowest BCUT2D eigenvalue weighted by atomic mass is 10.1. The molecule has 0 aliphatic carbocycles. The largest absolute Gasteiger partial charge is 0.507 e. The van der Waals surface area contributed by atoms with E-state index in [2.05, 4.69) is 15.9 Å². The number of hydrogen-bond donors (Lipinski definition) is 1. The van der Waals surface area contributed by atoms with Crippen molar-refractivity contribution in [1.82, 2.24) is 0 Å². The van der Waals surface area contributed by atoms with E-state index in [-0.39, 0.29) is 5.75 Å². The van der Waals surface area contributed by atoms with E-state index < -0.39 is 0 Å². The maximum absolute atomic E-state index is 9.61. The number of hydrogen-bond acceptors (Lipinski definition) is 2. The minimum atomic E-state index is 0.231. The molecule has 1 heterocycles. The Morgan fingerprint density at radius 3 is 2.67 bits per heavy atom. The van der Waals surface area contributed by atoms with Crippen LogP contribution in [0, 0.1) is 0 Å². The molecule has 1 aromatic heterocycles. The molecule has 0 spiro atoms. The van der Waals surface area contributed by atoms with Gasteiger partial charge in [-0.1, -0.05) is 18.2 Å².